The maximum atomic E-state index is 14.1. The third kappa shape index (κ3) is 7.17. The largest absolute Gasteiger partial charge is 0.330 e. The Morgan fingerprint density at radius 3 is 2.83 bits per heavy atom. The summed E-state index contributed by atoms with van der Waals surface area (Å²) >= 11 is 6.17. The first kappa shape index (κ1) is 29.5. The first-order valence-electron chi connectivity index (χ1n) is 12.8. The molecule has 2 aromatic rings. The number of aromatic nitrogens is 3. The predicted molar refractivity (Wildman–Crippen MR) is 149 cm³/mol. The molecular weight excluding hydrogens is 556 g/mol. The minimum atomic E-state index is -3.55. The van der Waals surface area contributed by atoms with Crippen molar-refractivity contribution in [3.63, 3.8) is 0 Å². The van der Waals surface area contributed by atoms with E-state index in [0.29, 0.717) is 34.8 Å². The highest BCUT2D eigenvalue weighted by Gasteiger charge is 2.47. The Hall–Kier alpha value is -3.50. The van der Waals surface area contributed by atoms with E-state index in [9.17, 15) is 18.0 Å². The van der Waals surface area contributed by atoms with E-state index in [1.165, 1.54) is 12.4 Å². The van der Waals surface area contributed by atoms with Crippen LogP contribution in [0.1, 0.15) is 59.8 Å². The van der Waals surface area contributed by atoms with E-state index in [2.05, 4.69) is 31.3 Å². The highest BCUT2D eigenvalue weighted by Crippen LogP contribution is 2.39. The van der Waals surface area contributed by atoms with Gasteiger partial charge in [0.05, 0.1) is 18.2 Å². The number of aromatic amines is 1. The van der Waals surface area contributed by atoms with Gasteiger partial charge < -0.3 is 4.90 Å². The van der Waals surface area contributed by atoms with Gasteiger partial charge in [-0.2, -0.15) is 5.10 Å². The lowest BCUT2D eigenvalue weighted by atomic mass is 9.78. The molecule has 0 saturated heterocycles. The Kier molecular flexibility index (Phi) is 9.76. The lowest BCUT2D eigenvalue weighted by Crippen LogP contribution is -2.62. The number of hydrogen-bond acceptors (Lipinski definition) is 7. The number of carbonyl (C=O) groups excluding carboxylic acids is 2. The van der Waals surface area contributed by atoms with Gasteiger partial charge in [0.25, 0.3) is 11.8 Å². The number of hydroxylamine groups is 1. The Morgan fingerprint density at radius 1 is 1.32 bits per heavy atom. The summed E-state index contributed by atoms with van der Waals surface area (Å²) in [6, 6.07) is 5.30. The van der Waals surface area contributed by atoms with Gasteiger partial charge in [-0.25, -0.2) is 23.6 Å². The molecule has 1 aliphatic heterocycles. The molecule has 13 heteroatoms. The second kappa shape index (κ2) is 13.2. The fourth-order valence-electron chi connectivity index (χ4n) is 5.43. The molecular formula is C27H31ClN6O5S. The molecule has 1 fully saturated rings. The van der Waals surface area contributed by atoms with E-state index in [4.69, 9.17) is 22.9 Å². The van der Waals surface area contributed by atoms with Crippen LogP contribution in [0.15, 0.2) is 53.9 Å². The monoisotopic (exact) mass is 586 g/mol. The average molecular weight is 587 g/mol. The summed E-state index contributed by atoms with van der Waals surface area (Å²) < 4.78 is 27.2. The molecule has 2 amide bonds. The van der Waals surface area contributed by atoms with E-state index in [1.807, 2.05) is 0 Å². The van der Waals surface area contributed by atoms with Gasteiger partial charge >= 0.3 is 0 Å². The van der Waals surface area contributed by atoms with Crippen LogP contribution in [0.5, 0.6) is 0 Å². The van der Waals surface area contributed by atoms with Gasteiger partial charge in [-0.1, -0.05) is 54.6 Å². The number of allylic oxidation sites excluding steroid dienone is 3. The SMILES string of the molecule is C#C/C=C(Cl)\C=C/C[C@H]1[C@H](C(=O)NOCc2ncn[nH]2)c2ccccc2C(=O)N1[C@H]1CCCC[C@@H]1NS(C)(=O)=O. The van der Waals surface area contributed by atoms with Crippen LogP contribution in [0.25, 0.3) is 0 Å². The summed E-state index contributed by atoms with van der Waals surface area (Å²) in [5, 5.41) is 6.74. The fraction of sp³-hybridized carbons (Fsp3) is 0.407. The first-order chi connectivity index (χ1) is 19.2. The van der Waals surface area contributed by atoms with Gasteiger partial charge in [-0.05, 0) is 37.0 Å². The standard InChI is InChI=1S/C27H31ClN6O5S/c1-3-9-18(28)10-8-15-23-25(26(35)32-39-16-24-29-17-30-31-24)19-11-4-5-12-20(19)27(36)34(23)22-14-7-6-13-21(22)33-40(2,37)38/h1,4-5,8-12,17,21-23,25,33H,6-7,13-16H2,2H3,(H,32,35)(H,29,30,31)/b10-8-,18-9+/t21-,22-,23-,25+/m0/s1. The lowest BCUT2D eigenvalue weighted by Gasteiger charge is -2.48. The number of fused-ring (bicyclic) bond motifs is 1. The number of nitrogens with one attached hydrogen (secondary N) is 3. The van der Waals surface area contributed by atoms with E-state index in [1.54, 1.807) is 41.3 Å². The Balaban J connectivity index is 1.73. The van der Waals surface area contributed by atoms with Gasteiger partial charge in [-0.3, -0.25) is 19.5 Å². The van der Waals surface area contributed by atoms with E-state index >= 15 is 0 Å². The number of H-pyrrole nitrogens is 1. The summed E-state index contributed by atoms with van der Waals surface area (Å²) in [4.78, 5) is 38.9. The number of terminal acetylenes is 1. The zero-order chi connectivity index (χ0) is 28.7. The smallest absolute Gasteiger partial charge is 0.254 e. The molecule has 3 N–H and O–H groups in total. The highest BCUT2D eigenvalue weighted by atomic mass is 35.5. The van der Waals surface area contributed by atoms with Crippen LogP contribution in [-0.2, 0) is 26.3 Å². The number of halogens is 1. The minimum absolute atomic E-state index is 0.0389. The Morgan fingerprint density at radius 2 is 2.10 bits per heavy atom. The first-order valence-corrected chi connectivity index (χ1v) is 15.1. The number of sulfonamides is 1. The van der Waals surface area contributed by atoms with Crippen molar-refractivity contribution < 1.29 is 22.8 Å². The summed E-state index contributed by atoms with van der Waals surface area (Å²) in [5.41, 5.74) is 3.44. The Bertz CT molecular complexity index is 1420. The molecule has 11 nitrogen and oxygen atoms in total. The van der Waals surface area contributed by atoms with Crippen molar-refractivity contribution in [1.82, 2.24) is 30.3 Å². The zero-order valence-corrected chi connectivity index (χ0v) is 23.5. The summed E-state index contributed by atoms with van der Waals surface area (Å²) in [7, 11) is -3.55. The molecule has 1 aliphatic carbocycles. The second-order valence-corrected chi connectivity index (χ2v) is 11.9. The quantitative estimate of drug-likeness (QED) is 0.220. The molecule has 1 aromatic heterocycles. The van der Waals surface area contributed by atoms with Gasteiger partial charge in [0.1, 0.15) is 12.9 Å². The van der Waals surface area contributed by atoms with Gasteiger partial charge in [0, 0.05) is 28.8 Å². The molecule has 40 heavy (non-hydrogen) atoms. The summed E-state index contributed by atoms with van der Waals surface area (Å²) in [6.07, 6.45) is 15.5. The maximum Gasteiger partial charge on any atom is 0.254 e. The van der Waals surface area contributed by atoms with Crippen molar-refractivity contribution in [3.05, 3.63) is 70.8 Å². The number of benzene rings is 1. The van der Waals surface area contributed by atoms with Crippen molar-refractivity contribution in [1.29, 1.82) is 0 Å². The summed E-state index contributed by atoms with van der Waals surface area (Å²) in [5.74, 6) is 1.23. The molecule has 0 bridgehead atoms. The van der Waals surface area contributed by atoms with Gasteiger partial charge in [-0.15, -0.1) is 6.42 Å². The van der Waals surface area contributed by atoms with Gasteiger partial charge in [0.2, 0.25) is 10.0 Å². The number of nitrogens with zero attached hydrogens (tertiary/aromatic N) is 3. The minimum Gasteiger partial charge on any atom is -0.330 e. The van der Waals surface area contributed by atoms with E-state index < -0.39 is 40.0 Å². The average Bonchev–Trinajstić information content (AvgIpc) is 3.42. The fourth-order valence-corrected chi connectivity index (χ4v) is 6.40. The van der Waals surface area contributed by atoms with Crippen LogP contribution in [-0.4, -0.2) is 64.7 Å². The molecule has 2 aliphatic rings. The number of carbonyl (C=O) groups is 2. The van der Waals surface area contributed by atoms with Crippen molar-refractivity contribution in [3.8, 4) is 12.3 Å². The number of rotatable bonds is 10. The second-order valence-electron chi connectivity index (χ2n) is 9.71. The van der Waals surface area contributed by atoms with Crippen molar-refractivity contribution in [2.45, 2.75) is 62.8 Å². The molecule has 2 heterocycles. The normalized spacial score (nSPS) is 23.6. The van der Waals surface area contributed by atoms with Crippen LogP contribution in [0.2, 0.25) is 0 Å². The molecule has 0 unspecified atom stereocenters. The van der Waals surface area contributed by atoms with Crippen LogP contribution < -0.4 is 10.2 Å². The zero-order valence-electron chi connectivity index (χ0n) is 21.9. The molecule has 4 atom stereocenters. The molecule has 1 aromatic carbocycles. The molecule has 1 saturated carbocycles. The Labute approximate surface area is 238 Å². The highest BCUT2D eigenvalue weighted by molar-refractivity contribution is 7.88. The lowest BCUT2D eigenvalue weighted by molar-refractivity contribution is -0.138. The van der Waals surface area contributed by atoms with Crippen LogP contribution >= 0.6 is 11.6 Å². The molecule has 0 radical (unpaired) electrons. The van der Waals surface area contributed by atoms with E-state index in [0.717, 1.165) is 19.1 Å². The summed E-state index contributed by atoms with van der Waals surface area (Å²) in [6.45, 7) is -0.0389. The van der Waals surface area contributed by atoms with E-state index in [-0.39, 0.29) is 18.9 Å². The van der Waals surface area contributed by atoms with Crippen molar-refractivity contribution in [2.75, 3.05) is 6.26 Å². The molecule has 4 rings (SSSR count). The van der Waals surface area contributed by atoms with Crippen molar-refractivity contribution >= 4 is 33.4 Å². The van der Waals surface area contributed by atoms with Crippen LogP contribution in [0.4, 0.5) is 0 Å². The van der Waals surface area contributed by atoms with Crippen LogP contribution in [0.3, 0.4) is 0 Å². The topological polar surface area (TPSA) is 146 Å². The third-order valence-corrected chi connectivity index (χ3v) is 7.93. The molecule has 212 valence electrons. The predicted octanol–water partition coefficient (Wildman–Crippen LogP) is 2.52. The number of hydrogen-bond donors (Lipinski definition) is 3. The third-order valence-electron chi connectivity index (χ3n) is 6.96. The number of amides is 2. The molecule has 0 spiro atoms. The maximum absolute atomic E-state index is 14.1. The van der Waals surface area contributed by atoms with Crippen LogP contribution in [0, 0.1) is 12.3 Å². The van der Waals surface area contributed by atoms with Gasteiger partial charge in [0.15, 0.2) is 5.82 Å². The van der Waals surface area contributed by atoms with Crippen molar-refractivity contribution in [2.24, 2.45) is 0 Å².